The summed E-state index contributed by atoms with van der Waals surface area (Å²) in [6, 6.07) is 17.2. The Kier molecular flexibility index (Phi) is 9.16. The van der Waals surface area contributed by atoms with Gasteiger partial charge in [-0.1, -0.05) is 60.7 Å². The van der Waals surface area contributed by atoms with Gasteiger partial charge in [0.2, 0.25) is 0 Å². The molecule has 8 heteroatoms. The van der Waals surface area contributed by atoms with E-state index in [0.29, 0.717) is 0 Å². The normalized spacial score (nSPS) is 12.9. The fraction of sp³-hybridized carbons (Fsp3) is 0.235. The summed E-state index contributed by atoms with van der Waals surface area (Å²) in [5, 5.41) is 11.8. The fourth-order valence-electron chi connectivity index (χ4n) is 2.18. The topological polar surface area (TPSA) is 99.0 Å². The molecule has 2 rings (SSSR count). The molecule has 1 N–H and O–H groups in total. The maximum Gasteiger partial charge on any atom is 1.00 e. The van der Waals surface area contributed by atoms with Crippen LogP contribution in [-0.4, -0.2) is 30.8 Å². The second-order valence-electron chi connectivity index (χ2n) is 5.26. The van der Waals surface area contributed by atoms with Crippen LogP contribution in [-0.2, 0) is 27.9 Å². The first-order valence-corrected chi connectivity index (χ1v) is 8.94. The largest absolute Gasteiger partial charge is 1.00 e. The van der Waals surface area contributed by atoms with Crippen LogP contribution in [0, 0.1) is 0 Å². The van der Waals surface area contributed by atoms with E-state index in [1.807, 2.05) is 24.3 Å². The molecule has 0 heterocycles. The first kappa shape index (κ1) is 21.7. The van der Waals surface area contributed by atoms with Crippen molar-refractivity contribution < 1.29 is 52.4 Å². The molecule has 0 saturated heterocycles. The van der Waals surface area contributed by atoms with Gasteiger partial charge < -0.3 is 9.84 Å². The SMILES string of the molecule is O=S(=O)(O)C[C@H](Cc1ccccc1)N=C([O-])OCc1ccccc1.[Na+]. The van der Waals surface area contributed by atoms with Gasteiger partial charge in [0.05, 0.1) is 11.8 Å². The molecule has 6 nitrogen and oxygen atoms in total. The molecule has 0 bridgehead atoms. The van der Waals surface area contributed by atoms with Crippen LogP contribution < -0.4 is 34.7 Å². The third kappa shape index (κ3) is 9.04. The van der Waals surface area contributed by atoms with Crippen molar-refractivity contribution in [2.45, 2.75) is 19.1 Å². The minimum absolute atomic E-state index is 0. The molecular weight excluding hydrogens is 353 g/mol. The van der Waals surface area contributed by atoms with E-state index < -0.39 is 28.0 Å². The Bertz CT molecular complexity index is 766. The van der Waals surface area contributed by atoms with Gasteiger partial charge in [0.1, 0.15) is 6.08 Å². The van der Waals surface area contributed by atoms with Crippen molar-refractivity contribution in [3.05, 3.63) is 71.8 Å². The summed E-state index contributed by atoms with van der Waals surface area (Å²) in [5.41, 5.74) is 1.61. The number of rotatable bonds is 7. The zero-order chi connectivity index (χ0) is 17.4. The van der Waals surface area contributed by atoms with Crippen LogP contribution in [0.2, 0.25) is 0 Å². The molecule has 2 aromatic rings. The maximum absolute atomic E-state index is 11.8. The maximum atomic E-state index is 11.8. The molecule has 0 unspecified atom stereocenters. The molecule has 0 amide bonds. The van der Waals surface area contributed by atoms with Crippen LogP contribution in [0.15, 0.2) is 65.7 Å². The van der Waals surface area contributed by atoms with Crippen LogP contribution in [0.3, 0.4) is 0 Å². The van der Waals surface area contributed by atoms with Crippen molar-refractivity contribution in [2.75, 3.05) is 5.75 Å². The number of aliphatic imine (C=N–C) groups is 1. The van der Waals surface area contributed by atoms with Crippen LogP contribution in [0.1, 0.15) is 11.1 Å². The van der Waals surface area contributed by atoms with E-state index in [1.54, 1.807) is 36.4 Å². The molecule has 0 saturated carbocycles. The second kappa shape index (κ2) is 10.6. The van der Waals surface area contributed by atoms with Crippen molar-refractivity contribution in [1.29, 1.82) is 0 Å². The first-order valence-electron chi connectivity index (χ1n) is 7.33. The van der Waals surface area contributed by atoms with Crippen molar-refractivity contribution in [1.82, 2.24) is 0 Å². The Morgan fingerprint density at radius 1 is 1.04 bits per heavy atom. The Balaban J connectivity index is 0.00000312. The van der Waals surface area contributed by atoms with Crippen molar-refractivity contribution in [2.24, 2.45) is 4.99 Å². The predicted octanol–water partition coefficient (Wildman–Crippen LogP) is -1.58. The van der Waals surface area contributed by atoms with E-state index in [2.05, 4.69) is 4.99 Å². The minimum Gasteiger partial charge on any atom is -0.596 e. The third-order valence-corrected chi connectivity index (χ3v) is 4.02. The number of hydrogen-bond donors (Lipinski definition) is 1. The summed E-state index contributed by atoms with van der Waals surface area (Å²) < 4.78 is 36.3. The van der Waals surface area contributed by atoms with Crippen molar-refractivity contribution in [3.8, 4) is 0 Å². The number of benzene rings is 2. The number of nitrogens with zero attached hydrogens (tertiary/aromatic N) is 1. The standard InChI is InChI=1S/C17H19NO5S.Na/c19-17(23-12-15-9-5-2-6-10-15)18-16(13-24(20,21)22)11-14-7-3-1-4-8-14;/h1-10,16H,11-13H2,(H,18,19)(H,20,21,22);/q;+1/p-1/t16-;/m0./s1. The first-order chi connectivity index (χ1) is 11.4. The van der Waals surface area contributed by atoms with Gasteiger partial charge in [0.15, 0.2) is 0 Å². The molecule has 2 aromatic carbocycles. The quantitative estimate of drug-likeness (QED) is 0.274. The molecule has 25 heavy (non-hydrogen) atoms. The van der Waals surface area contributed by atoms with Gasteiger partial charge in [0.25, 0.3) is 10.1 Å². The Labute approximate surface area is 169 Å². The molecule has 0 aliphatic heterocycles. The van der Waals surface area contributed by atoms with Gasteiger partial charge in [0, 0.05) is 6.61 Å². The molecule has 0 aromatic heterocycles. The van der Waals surface area contributed by atoms with E-state index in [-0.39, 0.29) is 42.6 Å². The minimum atomic E-state index is -4.26. The molecule has 0 fully saturated rings. The summed E-state index contributed by atoms with van der Waals surface area (Å²) in [7, 11) is -4.26. The van der Waals surface area contributed by atoms with E-state index in [1.165, 1.54) is 0 Å². The average Bonchev–Trinajstić information content (AvgIpc) is 2.53. The monoisotopic (exact) mass is 371 g/mol. The summed E-state index contributed by atoms with van der Waals surface area (Å²) >= 11 is 0. The Morgan fingerprint density at radius 3 is 2.08 bits per heavy atom. The average molecular weight is 371 g/mol. The fourth-order valence-corrected chi connectivity index (χ4v) is 2.86. The molecule has 0 radical (unpaired) electrons. The van der Waals surface area contributed by atoms with Gasteiger partial charge in [-0.3, -0.25) is 9.55 Å². The van der Waals surface area contributed by atoms with Crippen LogP contribution in [0.4, 0.5) is 0 Å². The van der Waals surface area contributed by atoms with E-state index in [9.17, 15) is 13.5 Å². The second-order valence-corrected chi connectivity index (χ2v) is 6.76. The zero-order valence-corrected chi connectivity index (χ0v) is 16.7. The molecule has 0 spiro atoms. The summed E-state index contributed by atoms with van der Waals surface area (Å²) in [4.78, 5) is 3.77. The number of ether oxygens (including phenoxy) is 1. The van der Waals surface area contributed by atoms with Gasteiger partial charge in [-0.25, -0.2) is 0 Å². The zero-order valence-electron chi connectivity index (χ0n) is 13.9. The molecular formula is C17H18NNaO5S. The van der Waals surface area contributed by atoms with Gasteiger partial charge in [-0.05, 0) is 17.5 Å². The van der Waals surface area contributed by atoms with Crippen LogP contribution in [0.25, 0.3) is 0 Å². The molecule has 0 aliphatic rings. The van der Waals surface area contributed by atoms with E-state index in [4.69, 9.17) is 9.29 Å². The number of hydrogen-bond acceptors (Lipinski definition) is 5. The van der Waals surface area contributed by atoms with Crippen LogP contribution >= 0.6 is 0 Å². The van der Waals surface area contributed by atoms with E-state index >= 15 is 0 Å². The molecule has 0 aliphatic carbocycles. The predicted molar refractivity (Wildman–Crippen MR) is 89.0 cm³/mol. The summed E-state index contributed by atoms with van der Waals surface area (Å²) in [5.74, 6) is -0.637. The third-order valence-electron chi connectivity index (χ3n) is 3.21. The van der Waals surface area contributed by atoms with Crippen molar-refractivity contribution in [3.63, 3.8) is 0 Å². The van der Waals surface area contributed by atoms with Gasteiger partial charge in [-0.2, -0.15) is 8.42 Å². The smallest absolute Gasteiger partial charge is 0.596 e. The Hall–Kier alpha value is -1.38. The van der Waals surface area contributed by atoms with Gasteiger partial charge >= 0.3 is 29.6 Å². The Morgan fingerprint density at radius 2 is 1.56 bits per heavy atom. The summed E-state index contributed by atoms with van der Waals surface area (Å²) in [6.07, 6.45) is -0.649. The molecule has 1 atom stereocenters. The van der Waals surface area contributed by atoms with Crippen LogP contribution in [0.5, 0.6) is 0 Å². The summed E-state index contributed by atoms with van der Waals surface area (Å²) in [6.45, 7) is 0.0487. The van der Waals surface area contributed by atoms with Gasteiger partial charge in [-0.15, -0.1) is 0 Å². The van der Waals surface area contributed by atoms with E-state index in [0.717, 1.165) is 11.1 Å². The molecule has 128 valence electrons. The van der Waals surface area contributed by atoms with Crippen molar-refractivity contribution >= 4 is 16.2 Å².